The molecule has 2 aromatic carbocycles. The summed E-state index contributed by atoms with van der Waals surface area (Å²) in [5.41, 5.74) is 1.88. The second-order valence-corrected chi connectivity index (χ2v) is 8.45. The molecule has 2 aromatic rings. The van der Waals surface area contributed by atoms with E-state index in [1.54, 1.807) is 12.1 Å². The fourth-order valence-electron chi connectivity index (χ4n) is 5.46. The maximum absolute atomic E-state index is 11.4. The van der Waals surface area contributed by atoms with Crippen molar-refractivity contribution in [1.82, 2.24) is 0 Å². The summed E-state index contributed by atoms with van der Waals surface area (Å²) in [6.07, 6.45) is 2.98. The highest BCUT2D eigenvalue weighted by molar-refractivity contribution is 5.63. The molecule has 4 rings (SSSR count). The number of nitrogens with zero attached hydrogens (tertiary/aromatic N) is 3. The molecule has 0 spiro atoms. The van der Waals surface area contributed by atoms with Crippen molar-refractivity contribution in [2.24, 2.45) is 17.3 Å². The van der Waals surface area contributed by atoms with Gasteiger partial charge in [-0.25, -0.2) is 0 Å². The Kier molecular flexibility index (Phi) is 5.18. The Hall–Kier alpha value is -3.38. The predicted octanol–water partition coefficient (Wildman–Crippen LogP) is 5.38. The molecule has 1 aliphatic carbocycles. The first kappa shape index (κ1) is 19.9. The fraction of sp³-hybridized carbons (Fsp3) is 0.417. The first-order valence-electron chi connectivity index (χ1n) is 10.4. The molecule has 2 aliphatic rings. The maximum atomic E-state index is 11.4. The molecule has 0 amide bonds. The van der Waals surface area contributed by atoms with E-state index in [0.29, 0.717) is 6.42 Å². The van der Waals surface area contributed by atoms with E-state index in [0.717, 1.165) is 36.1 Å². The van der Waals surface area contributed by atoms with Crippen LogP contribution < -0.4 is 5.32 Å². The van der Waals surface area contributed by atoms with Crippen molar-refractivity contribution in [2.45, 2.75) is 44.6 Å². The van der Waals surface area contributed by atoms with Gasteiger partial charge in [0.2, 0.25) is 0 Å². The SMILES string of the molecule is CCC[C@@H]1C[C@@H]2Nc3ccc([N+](=O)[O-])cc3[C@H](c3ccccc3)[C@H]2CC1(C#N)C#N. The summed E-state index contributed by atoms with van der Waals surface area (Å²) >= 11 is 0. The van der Waals surface area contributed by atoms with Crippen molar-refractivity contribution in [2.75, 3.05) is 5.32 Å². The third kappa shape index (κ3) is 3.19. The second kappa shape index (κ2) is 7.80. The number of hydrogen-bond acceptors (Lipinski definition) is 5. The molecule has 0 radical (unpaired) electrons. The highest BCUT2D eigenvalue weighted by Crippen LogP contribution is 2.55. The lowest BCUT2D eigenvalue weighted by Crippen LogP contribution is -2.49. The van der Waals surface area contributed by atoms with Gasteiger partial charge in [0.05, 0.1) is 17.1 Å². The Balaban J connectivity index is 1.86. The standard InChI is InChI=1S/C24H24N4O2/c1-2-6-17-11-22-20(13-24(17,14-25)15-26)23(16-7-4-3-5-8-16)19-12-18(28(29)30)9-10-21(19)27-22/h3-5,7-10,12,17,20,22-23,27H,2,6,11,13H2,1H3/t17-,20+,22+,23+/m1/s1. The molecular formula is C24H24N4O2. The number of hydrogen-bond donors (Lipinski definition) is 1. The molecule has 1 N–H and O–H groups in total. The minimum atomic E-state index is -1.02. The predicted molar refractivity (Wildman–Crippen MR) is 114 cm³/mol. The number of rotatable bonds is 4. The summed E-state index contributed by atoms with van der Waals surface area (Å²) in [5.74, 6) is -0.0763. The molecule has 4 atom stereocenters. The quantitative estimate of drug-likeness (QED) is 0.548. The van der Waals surface area contributed by atoms with Crippen LogP contribution in [0.4, 0.5) is 11.4 Å². The van der Waals surface area contributed by atoms with Crippen molar-refractivity contribution in [3.63, 3.8) is 0 Å². The van der Waals surface area contributed by atoms with E-state index in [1.165, 1.54) is 6.07 Å². The number of non-ortho nitro benzene ring substituents is 1. The highest BCUT2D eigenvalue weighted by atomic mass is 16.6. The largest absolute Gasteiger partial charge is 0.382 e. The molecule has 0 aromatic heterocycles. The van der Waals surface area contributed by atoms with Crippen molar-refractivity contribution < 1.29 is 4.92 Å². The molecule has 0 bridgehead atoms. The second-order valence-electron chi connectivity index (χ2n) is 8.45. The Labute approximate surface area is 176 Å². The number of benzene rings is 2. The number of nitriles is 2. The summed E-state index contributed by atoms with van der Waals surface area (Å²) in [6.45, 7) is 2.08. The van der Waals surface area contributed by atoms with Gasteiger partial charge in [0, 0.05) is 29.8 Å². The minimum absolute atomic E-state index is 0.00862. The molecule has 0 saturated heterocycles. The molecule has 1 fully saturated rings. The van der Waals surface area contributed by atoms with E-state index in [2.05, 4.69) is 24.4 Å². The third-order valence-corrected chi connectivity index (χ3v) is 6.85. The van der Waals surface area contributed by atoms with E-state index >= 15 is 0 Å². The smallest absolute Gasteiger partial charge is 0.269 e. The van der Waals surface area contributed by atoms with E-state index in [4.69, 9.17) is 0 Å². The monoisotopic (exact) mass is 400 g/mol. The van der Waals surface area contributed by atoms with E-state index < -0.39 is 5.41 Å². The first-order valence-corrected chi connectivity index (χ1v) is 10.4. The number of nitrogens with one attached hydrogen (secondary N) is 1. The van der Waals surface area contributed by atoms with Crippen LogP contribution in [0.1, 0.15) is 49.7 Å². The Bertz CT molecular complexity index is 1020. The van der Waals surface area contributed by atoms with Gasteiger partial charge in [-0.05, 0) is 48.3 Å². The molecular weight excluding hydrogens is 376 g/mol. The van der Waals surface area contributed by atoms with E-state index in [1.807, 2.05) is 30.3 Å². The number of nitro groups is 1. The molecule has 6 nitrogen and oxygen atoms in total. The van der Waals surface area contributed by atoms with Crippen LogP contribution in [-0.2, 0) is 0 Å². The summed E-state index contributed by atoms with van der Waals surface area (Å²) in [5, 5.41) is 35.1. The molecule has 6 heteroatoms. The normalized spacial score (nSPS) is 26.2. The van der Waals surface area contributed by atoms with Crippen molar-refractivity contribution in [1.29, 1.82) is 10.5 Å². The highest BCUT2D eigenvalue weighted by Gasteiger charge is 2.52. The fourth-order valence-corrected chi connectivity index (χ4v) is 5.46. The minimum Gasteiger partial charge on any atom is -0.382 e. The number of fused-ring (bicyclic) bond motifs is 2. The lowest BCUT2D eigenvalue weighted by Gasteiger charge is -2.49. The van der Waals surface area contributed by atoms with Crippen LogP contribution in [0.3, 0.4) is 0 Å². The van der Waals surface area contributed by atoms with Crippen LogP contribution in [0.25, 0.3) is 0 Å². The summed E-state index contributed by atoms with van der Waals surface area (Å²) < 4.78 is 0. The Morgan fingerprint density at radius 2 is 1.93 bits per heavy atom. The van der Waals surface area contributed by atoms with Crippen molar-refractivity contribution >= 4 is 11.4 Å². The van der Waals surface area contributed by atoms with Gasteiger partial charge in [-0.1, -0.05) is 43.7 Å². The van der Waals surface area contributed by atoms with Gasteiger partial charge < -0.3 is 5.32 Å². The van der Waals surface area contributed by atoms with Crippen LogP contribution in [0.15, 0.2) is 48.5 Å². The zero-order valence-corrected chi connectivity index (χ0v) is 16.9. The van der Waals surface area contributed by atoms with E-state index in [-0.39, 0.29) is 34.4 Å². The third-order valence-electron chi connectivity index (χ3n) is 6.85. The van der Waals surface area contributed by atoms with Crippen LogP contribution >= 0.6 is 0 Å². The van der Waals surface area contributed by atoms with Gasteiger partial charge in [0.25, 0.3) is 5.69 Å². The average Bonchev–Trinajstić information content (AvgIpc) is 2.77. The Morgan fingerprint density at radius 3 is 2.57 bits per heavy atom. The van der Waals surface area contributed by atoms with Gasteiger partial charge in [-0.15, -0.1) is 0 Å². The van der Waals surface area contributed by atoms with Gasteiger partial charge in [-0.3, -0.25) is 10.1 Å². The zero-order valence-electron chi connectivity index (χ0n) is 16.9. The van der Waals surface area contributed by atoms with Crippen LogP contribution in [0, 0.1) is 50.0 Å². The van der Waals surface area contributed by atoms with Crippen molar-refractivity contribution in [3.8, 4) is 12.1 Å². The summed E-state index contributed by atoms with van der Waals surface area (Å²) in [7, 11) is 0. The molecule has 0 unspecified atom stereocenters. The van der Waals surface area contributed by atoms with Gasteiger partial charge >= 0.3 is 0 Å². The number of anilines is 1. The lowest BCUT2D eigenvalue weighted by atomic mass is 9.56. The topological polar surface area (TPSA) is 103 Å². The van der Waals surface area contributed by atoms with Gasteiger partial charge in [0.1, 0.15) is 5.41 Å². The van der Waals surface area contributed by atoms with Crippen molar-refractivity contribution in [3.05, 3.63) is 69.8 Å². The molecule has 30 heavy (non-hydrogen) atoms. The number of nitro benzene ring substituents is 1. The van der Waals surface area contributed by atoms with Crippen LogP contribution in [-0.4, -0.2) is 11.0 Å². The summed E-state index contributed by atoms with van der Waals surface area (Å²) in [4.78, 5) is 11.0. The van der Waals surface area contributed by atoms with E-state index in [9.17, 15) is 20.6 Å². The lowest BCUT2D eigenvalue weighted by molar-refractivity contribution is -0.384. The van der Waals surface area contributed by atoms with Crippen LogP contribution in [0.5, 0.6) is 0 Å². The first-order chi connectivity index (χ1) is 14.5. The average molecular weight is 400 g/mol. The zero-order chi connectivity index (χ0) is 21.3. The van der Waals surface area contributed by atoms with Gasteiger partial charge in [-0.2, -0.15) is 10.5 Å². The van der Waals surface area contributed by atoms with Gasteiger partial charge in [0.15, 0.2) is 0 Å². The Morgan fingerprint density at radius 1 is 1.20 bits per heavy atom. The van der Waals surface area contributed by atoms with Crippen LogP contribution in [0.2, 0.25) is 0 Å². The summed E-state index contributed by atoms with van der Waals surface area (Å²) in [6, 6.07) is 19.8. The maximum Gasteiger partial charge on any atom is 0.269 e. The molecule has 1 saturated carbocycles. The molecule has 1 heterocycles. The molecule has 1 aliphatic heterocycles. The molecule has 152 valence electrons.